The molecule has 0 saturated heterocycles. The molecule has 0 aliphatic heterocycles. The number of rotatable bonds is 5. The number of aryl methyl sites for hydroxylation is 1. The van der Waals surface area contributed by atoms with Gasteiger partial charge in [0, 0.05) is 16.5 Å². The Bertz CT molecular complexity index is 789. The van der Waals surface area contributed by atoms with Gasteiger partial charge in [-0.15, -0.1) is 11.3 Å². The zero-order chi connectivity index (χ0) is 17.7. The maximum atomic E-state index is 12.1. The molecule has 1 N–H and O–H groups in total. The molecule has 1 aromatic heterocycles. The van der Waals surface area contributed by atoms with Gasteiger partial charge in [0.25, 0.3) is 5.91 Å². The van der Waals surface area contributed by atoms with Gasteiger partial charge < -0.3 is 10.1 Å². The third kappa shape index (κ3) is 5.33. The number of nitrogens with zero attached hydrogens (tertiary/aromatic N) is 1. The van der Waals surface area contributed by atoms with Crippen molar-refractivity contribution in [3.63, 3.8) is 0 Å². The number of anilines is 1. The van der Waals surface area contributed by atoms with E-state index in [9.17, 15) is 9.59 Å². The lowest BCUT2D eigenvalue weighted by Gasteiger charge is -2.13. The number of ether oxygens (including phenoxy) is 1. The van der Waals surface area contributed by atoms with Crippen LogP contribution in [0.4, 0.5) is 5.69 Å². The monoisotopic (exact) mass is 384 g/mol. The highest BCUT2D eigenvalue weighted by atomic mass is 35.5. The molecule has 0 aliphatic carbocycles. The second kappa shape index (κ2) is 8.28. The third-order valence-electron chi connectivity index (χ3n) is 2.88. The Morgan fingerprint density at radius 1 is 1.38 bits per heavy atom. The van der Waals surface area contributed by atoms with E-state index in [1.807, 2.05) is 12.3 Å². The minimum absolute atomic E-state index is 0.338. The van der Waals surface area contributed by atoms with Gasteiger partial charge in [-0.05, 0) is 38.1 Å². The number of esters is 1. The minimum atomic E-state index is -0.991. The average molecular weight is 385 g/mol. The Balaban J connectivity index is 1.92. The molecule has 2 aromatic rings. The van der Waals surface area contributed by atoms with Crippen molar-refractivity contribution >= 4 is 58.2 Å². The number of halogens is 2. The number of carbonyl (C=O) groups excluding carboxylic acids is 2. The van der Waals surface area contributed by atoms with Crippen LogP contribution < -0.4 is 5.32 Å². The predicted molar refractivity (Wildman–Crippen MR) is 96.5 cm³/mol. The van der Waals surface area contributed by atoms with Crippen LogP contribution in [-0.2, 0) is 14.3 Å². The zero-order valence-electron chi connectivity index (χ0n) is 12.9. The van der Waals surface area contributed by atoms with Crippen molar-refractivity contribution in [3.05, 3.63) is 50.4 Å². The van der Waals surface area contributed by atoms with E-state index in [4.69, 9.17) is 27.9 Å². The molecule has 0 spiro atoms. The second-order valence-corrected chi connectivity index (χ2v) is 6.72. The summed E-state index contributed by atoms with van der Waals surface area (Å²) in [5.74, 6) is -1.15. The largest absolute Gasteiger partial charge is 0.449 e. The fourth-order valence-electron chi connectivity index (χ4n) is 1.70. The first-order valence-electron chi connectivity index (χ1n) is 6.92. The molecule has 1 aromatic carbocycles. The quantitative estimate of drug-likeness (QED) is 0.614. The van der Waals surface area contributed by atoms with Gasteiger partial charge in [-0.1, -0.05) is 23.2 Å². The van der Waals surface area contributed by atoms with E-state index < -0.39 is 18.0 Å². The number of carbonyl (C=O) groups is 2. The molecule has 0 saturated carbocycles. The van der Waals surface area contributed by atoms with E-state index >= 15 is 0 Å². The zero-order valence-corrected chi connectivity index (χ0v) is 15.2. The molecule has 1 heterocycles. The molecular weight excluding hydrogens is 371 g/mol. The van der Waals surface area contributed by atoms with Crippen molar-refractivity contribution in [1.29, 1.82) is 0 Å². The molecule has 0 fully saturated rings. The number of amides is 1. The van der Waals surface area contributed by atoms with E-state index in [0.29, 0.717) is 21.4 Å². The normalized spacial score (nSPS) is 12.2. The number of nitrogens with one attached hydrogen (secondary N) is 1. The van der Waals surface area contributed by atoms with Crippen LogP contribution in [0.5, 0.6) is 0 Å². The Morgan fingerprint density at radius 3 is 2.79 bits per heavy atom. The summed E-state index contributed by atoms with van der Waals surface area (Å²) in [6.45, 7) is 3.33. The first kappa shape index (κ1) is 18.4. The molecule has 1 unspecified atom stereocenters. The number of benzene rings is 1. The van der Waals surface area contributed by atoms with Gasteiger partial charge in [-0.2, -0.15) is 0 Å². The summed E-state index contributed by atoms with van der Waals surface area (Å²) >= 11 is 13.3. The Morgan fingerprint density at radius 2 is 2.12 bits per heavy atom. The van der Waals surface area contributed by atoms with E-state index in [1.54, 1.807) is 12.1 Å². The predicted octanol–water partition coefficient (Wildman–Crippen LogP) is 4.34. The molecule has 1 atom stereocenters. The van der Waals surface area contributed by atoms with Gasteiger partial charge in [0.15, 0.2) is 6.10 Å². The van der Waals surface area contributed by atoms with Gasteiger partial charge in [0.1, 0.15) is 0 Å². The van der Waals surface area contributed by atoms with Crippen molar-refractivity contribution in [2.75, 3.05) is 5.32 Å². The van der Waals surface area contributed by atoms with Crippen LogP contribution in [0.3, 0.4) is 0 Å². The topological polar surface area (TPSA) is 68.3 Å². The second-order valence-electron chi connectivity index (χ2n) is 4.82. The van der Waals surface area contributed by atoms with Crippen molar-refractivity contribution in [2.45, 2.75) is 20.0 Å². The Labute approximate surface area is 153 Å². The number of hydrogen-bond donors (Lipinski definition) is 1. The van der Waals surface area contributed by atoms with E-state index in [0.717, 1.165) is 5.01 Å². The Kier molecular flexibility index (Phi) is 6.36. The summed E-state index contributed by atoms with van der Waals surface area (Å²) in [5.41, 5.74) is 1.02. The molecule has 8 heteroatoms. The molecule has 24 heavy (non-hydrogen) atoms. The summed E-state index contributed by atoms with van der Waals surface area (Å²) in [7, 11) is 0. The van der Waals surface area contributed by atoms with E-state index in [1.165, 1.54) is 36.5 Å². The standard InChI is InChI=1S/C16H14Cl2N2O3S/c1-9(16(22)20-14-7-11(17)3-5-13(14)18)23-15(21)6-4-12-8-24-10(2)19-12/h3-9H,1-2H3,(H,20,22)/b6-4+. The molecular formula is C16H14Cl2N2O3S. The van der Waals surface area contributed by atoms with Crippen LogP contribution in [-0.4, -0.2) is 23.0 Å². The summed E-state index contributed by atoms with van der Waals surface area (Å²) in [4.78, 5) is 28.0. The van der Waals surface area contributed by atoms with Crippen molar-refractivity contribution < 1.29 is 14.3 Å². The van der Waals surface area contributed by atoms with Crippen LogP contribution in [0.2, 0.25) is 10.0 Å². The van der Waals surface area contributed by atoms with Crippen molar-refractivity contribution in [2.24, 2.45) is 0 Å². The van der Waals surface area contributed by atoms with E-state index in [-0.39, 0.29) is 0 Å². The van der Waals surface area contributed by atoms with Crippen molar-refractivity contribution in [3.8, 4) is 0 Å². The molecule has 2 rings (SSSR count). The SMILES string of the molecule is Cc1nc(/C=C/C(=O)OC(C)C(=O)Nc2cc(Cl)ccc2Cl)cs1. The minimum Gasteiger partial charge on any atom is -0.449 e. The van der Waals surface area contributed by atoms with Crippen LogP contribution in [0.1, 0.15) is 17.6 Å². The summed E-state index contributed by atoms with van der Waals surface area (Å²) in [5, 5.41) is 6.05. The highest BCUT2D eigenvalue weighted by molar-refractivity contribution is 7.09. The smallest absolute Gasteiger partial charge is 0.331 e. The van der Waals surface area contributed by atoms with Crippen LogP contribution in [0.25, 0.3) is 6.08 Å². The first-order chi connectivity index (χ1) is 11.3. The average Bonchev–Trinajstić information content (AvgIpc) is 2.94. The summed E-state index contributed by atoms with van der Waals surface area (Å²) in [6, 6.07) is 4.68. The highest BCUT2D eigenvalue weighted by Gasteiger charge is 2.18. The summed E-state index contributed by atoms with van der Waals surface area (Å²) < 4.78 is 5.04. The number of hydrogen-bond acceptors (Lipinski definition) is 5. The van der Waals surface area contributed by atoms with E-state index in [2.05, 4.69) is 10.3 Å². The third-order valence-corrected chi connectivity index (χ3v) is 4.23. The fourth-order valence-corrected chi connectivity index (χ4v) is 2.62. The van der Waals surface area contributed by atoms with Gasteiger partial charge >= 0.3 is 5.97 Å². The fraction of sp³-hybridized carbons (Fsp3) is 0.188. The molecule has 0 aliphatic rings. The van der Waals surface area contributed by atoms with Gasteiger partial charge in [-0.3, -0.25) is 4.79 Å². The lowest BCUT2D eigenvalue weighted by molar-refractivity contribution is -0.148. The van der Waals surface area contributed by atoms with Crippen LogP contribution >= 0.6 is 34.5 Å². The lowest BCUT2D eigenvalue weighted by atomic mass is 10.3. The van der Waals surface area contributed by atoms with Crippen molar-refractivity contribution in [1.82, 2.24) is 4.98 Å². The lowest BCUT2D eigenvalue weighted by Crippen LogP contribution is -2.29. The molecule has 126 valence electrons. The van der Waals surface area contributed by atoms with Crippen LogP contribution in [0.15, 0.2) is 29.7 Å². The van der Waals surface area contributed by atoms with Gasteiger partial charge in [-0.25, -0.2) is 9.78 Å². The molecule has 0 bridgehead atoms. The molecule has 5 nitrogen and oxygen atoms in total. The van der Waals surface area contributed by atoms with Gasteiger partial charge in [0.2, 0.25) is 0 Å². The maximum Gasteiger partial charge on any atom is 0.331 e. The molecule has 1 amide bonds. The first-order valence-corrected chi connectivity index (χ1v) is 8.55. The highest BCUT2D eigenvalue weighted by Crippen LogP contribution is 2.25. The maximum absolute atomic E-state index is 12.1. The van der Waals surface area contributed by atoms with Gasteiger partial charge in [0.05, 0.1) is 21.4 Å². The van der Waals surface area contributed by atoms with Crippen LogP contribution in [0, 0.1) is 6.92 Å². The molecule has 0 radical (unpaired) electrons. The number of thiazole rings is 1. The Hall–Kier alpha value is -1.89. The number of aromatic nitrogens is 1. The summed E-state index contributed by atoms with van der Waals surface area (Å²) in [6.07, 6.45) is 1.77.